The van der Waals surface area contributed by atoms with Gasteiger partial charge >= 0.3 is 15.6 Å². The van der Waals surface area contributed by atoms with Gasteiger partial charge in [-0.25, -0.2) is 4.99 Å². The Morgan fingerprint density at radius 3 is 2.65 bits per heavy atom. The lowest BCUT2D eigenvalue weighted by Gasteiger charge is -2.26. The third-order valence-corrected chi connectivity index (χ3v) is 6.16. The number of rotatable bonds is 9. The van der Waals surface area contributed by atoms with Gasteiger partial charge < -0.3 is 23.5 Å². The maximum absolute atomic E-state index is 12.5. The fourth-order valence-corrected chi connectivity index (χ4v) is 3.84. The standard InChI is InChI=1S/C21H26F3N3O6S/c1-31-18-14-19(33-34(29,30)21(22,23)24)26-17(18)13-16-8-7-15(25-16)5-3-2-4-6-20(28)27-9-11-32-12-10-27/h7-8,13-14,25H,2-6,9-12H2,1H3/b17-13-. The van der Waals surface area contributed by atoms with E-state index in [2.05, 4.69) is 14.2 Å². The number of amides is 1. The molecule has 13 heteroatoms. The second-order valence-electron chi connectivity index (χ2n) is 7.67. The monoisotopic (exact) mass is 505 g/mol. The van der Waals surface area contributed by atoms with Crippen molar-refractivity contribution in [1.82, 2.24) is 9.88 Å². The number of nitrogens with one attached hydrogen (secondary N) is 1. The largest absolute Gasteiger partial charge is 0.534 e. The minimum Gasteiger partial charge on any atom is -0.494 e. The number of aromatic nitrogens is 1. The van der Waals surface area contributed by atoms with E-state index in [1.807, 2.05) is 11.0 Å². The van der Waals surface area contributed by atoms with Crippen LogP contribution in [0.15, 0.2) is 34.7 Å². The number of carbonyl (C=O) groups excluding carboxylic acids is 1. The lowest BCUT2D eigenvalue weighted by Crippen LogP contribution is -2.40. The maximum Gasteiger partial charge on any atom is 0.534 e. The van der Waals surface area contributed by atoms with Crippen molar-refractivity contribution in [3.05, 3.63) is 41.1 Å². The van der Waals surface area contributed by atoms with Gasteiger partial charge in [0.05, 0.1) is 20.3 Å². The van der Waals surface area contributed by atoms with Crippen LogP contribution in [0.2, 0.25) is 0 Å². The van der Waals surface area contributed by atoms with Crippen LogP contribution in [-0.4, -0.2) is 69.0 Å². The lowest BCUT2D eigenvalue weighted by molar-refractivity contribution is -0.135. The highest BCUT2D eigenvalue weighted by Crippen LogP contribution is 2.28. The molecule has 0 radical (unpaired) electrons. The second kappa shape index (κ2) is 11.1. The Hall–Kier alpha value is -2.80. The van der Waals surface area contributed by atoms with E-state index in [0.717, 1.165) is 37.5 Å². The molecule has 0 spiro atoms. The van der Waals surface area contributed by atoms with Gasteiger partial charge in [0.2, 0.25) is 11.8 Å². The van der Waals surface area contributed by atoms with Crippen LogP contribution in [-0.2, 0) is 35.0 Å². The summed E-state index contributed by atoms with van der Waals surface area (Å²) >= 11 is 0. The molecule has 1 N–H and O–H groups in total. The Bertz CT molecular complexity index is 1070. The summed E-state index contributed by atoms with van der Waals surface area (Å²) in [7, 11) is -4.55. The molecule has 34 heavy (non-hydrogen) atoms. The molecule has 3 heterocycles. The third-order valence-electron chi connectivity index (χ3n) is 5.20. The Labute approximate surface area is 195 Å². The Morgan fingerprint density at radius 2 is 1.97 bits per heavy atom. The van der Waals surface area contributed by atoms with Crippen LogP contribution in [0.5, 0.6) is 0 Å². The van der Waals surface area contributed by atoms with Crippen LogP contribution in [0.3, 0.4) is 0 Å². The van der Waals surface area contributed by atoms with E-state index < -0.39 is 21.5 Å². The van der Waals surface area contributed by atoms with E-state index in [9.17, 15) is 26.4 Å². The topological polar surface area (TPSA) is 110 Å². The van der Waals surface area contributed by atoms with E-state index in [1.54, 1.807) is 6.07 Å². The van der Waals surface area contributed by atoms with Crippen molar-refractivity contribution in [2.75, 3.05) is 33.4 Å². The van der Waals surface area contributed by atoms with Crippen molar-refractivity contribution in [3.8, 4) is 0 Å². The van der Waals surface area contributed by atoms with Gasteiger partial charge in [0.25, 0.3) is 0 Å². The molecule has 1 saturated heterocycles. The number of aliphatic imine (C=N–C) groups is 1. The van der Waals surface area contributed by atoms with Gasteiger partial charge in [-0.15, -0.1) is 0 Å². The number of carbonyl (C=O) groups is 1. The predicted octanol–water partition coefficient (Wildman–Crippen LogP) is 3.13. The van der Waals surface area contributed by atoms with Crippen LogP contribution in [0.25, 0.3) is 6.08 Å². The molecule has 2 aliphatic rings. The molecule has 1 fully saturated rings. The summed E-state index contributed by atoms with van der Waals surface area (Å²) in [5, 5.41) is 0. The summed E-state index contributed by atoms with van der Waals surface area (Å²) in [6.45, 7) is 2.47. The molecule has 9 nitrogen and oxygen atoms in total. The summed E-state index contributed by atoms with van der Waals surface area (Å²) in [5.74, 6) is -0.519. The van der Waals surface area contributed by atoms with Crippen LogP contribution in [0.4, 0.5) is 13.2 Å². The average molecular weight is 506 g/mol. The van der Waals surface area contributed by atoms with Crippen LogP contribution < -0.4 is 0 Å². The number of hydrogen-bond acceptors (Lipinski definition) is 7. The molecule has 2 aliphatic heterocycles. The molecule has 0 aromatic carbocycles. The maximum atomic E-state index is 12.5. The first-order valence-corrected chi connectivity index (χ1v) is 12.1. The fraction of sp³-hybridized carbons (Fsp3) is 0.524. The van der Waals surface area contributed by atoms with Gasteiger partial charge in [-0.3, -0.25) is 4.79 Å². The summed E-state index contributed by atoms with van der Waals surface area (Å²) in [4.78, 5) is 20.9. The number of H-pyrrole nitrogens is 1. The van der Waals surface area contributed by atoms with Crippen molar-refractivity contribution < 1.29 is 40.0 Å². The Morgan fingerprint density at radius 1 is 1.24 bits per heavy atom. The summed E-state index contributed by atoms with van der Waals surface area (Å²) in [6.07, 6.45) is 6.31. The Balaban J connectivity index is 1.50. The second-order valence-corrected chi connectivity index (χ2v) is 9.21. The van der Waals surface area contributed by atoms with Crippen molar-refractivity contribution in [2.45, 2.75) is 37.6 Å². The molecule has 0 bridgehead atoms. The zero-order valence-electron chi connectivity index (χ0n) is 18.6. The normalized spacial score (nSPS) is 18.1. The smallest absolute Gasteiger partial charge is 0.494 e. The van der Waals surface area contributed by atoms with Crippen molar-refractivity contribution in [2.24, 2.45) is 4.99 Å². The van der Waals surface area contributed by atoms with E-state index in [0.29, 0.717) is 38.4 Å². The van der Waals surface area contributed by atoms with Gasteiger partial charge in [-0.1, -0.05) is 6.42 Å². The molecular weight excluding hydrogens is 479 g/mol. The van der Waals surface area contributed by atoms with Crippen LogP contribution >= 0.6 is 0 Å². The summed E-state index contributed by atoms with van der Waals surface area (Å²) in [6, 6.07) is 3.63. The predicted molar refractivity (Wildman–Crippen MR) is 117 cm³/mol. The van der Waals surface area contributed by atoms with E-state index in [4.69, 9.17) is 9.47 Å². The number of morpholine rings is 1. The quantitative estimate of drug-likeness (QED) is 0.314. The molecule has 0 saturated carbocycles. The lowest BCUT2D eigenvalue weighted by atomic mass is 10.1. The van der Waals surface area contributed by atoms with E-state index in [1.165, 1.54) is 13.2 Å². The first kappa shape index (κ1) is 25.8. The van der Waals surface area contributed by atoms with Crippen LogP contribution in [0, 0.1) is 0 Å². The highest BCUT2D eigenvalue weighted by Gasteiger charge is 2.49. The molecule has 3 rings (SSSR count). The number of methoxy groups -OCH3 is 1. The number of alkyl halides is 3. The van der Waals surface area contributed by atoms with Gasteiger partial charge in [-0.2, -0.15) is 21.6 Å². The number of nitrogens with zero attached hydrogens (tertiary/aromatic N) is 2. The van der Waals surface area contributed by atoms with Crippen molar-refractivity contribution >= 4 is 28.0 Å². The Kier molecular flexibility index (Phi) is 8.42. The number of ether oxygens (including phenoxy) is 2. The molecule has 1 aromatic rings. The van der Waals surface area contributed by atoms with Crippen molar-refractivity contribution in [3.63, 3.8) is 0 Å². The number of unbranched alkanes of at least 4 members (excludes halogenated alkanes) is 2. The first-order chi connectivity index (χ1) is 16.1. The van der Waals surface area contributed by atoms with E-state index in [-0.39, 0.29) is 17.4 Å². The summed E-state index contributed by atoms with van der Waals surface area (Å²) < 4.78 is 74.3. The number of aromatic amines is 1. The number of aryl methyl sites for hydroxylation is 1. The SMILES string of the molecule is COC1=CC(OS(=O)(=O)C(F)(F)F)=N/C1=C\c1ccc(CCCCCC(=O)N2CCOCC2)[nH]1. The molecule has 0 aliphatic carbocycles. The van der Waals surface area contributed by atoms with E-state index >= 15 is 0 Å². The highest BCUT2D eigenvalue weighted by atomic mass is 32.2. The minimum atomic E-state index is -5.83. The number of hydrogen-bond donors (Lipinski definition) is 1. The molecule has 1 aromatic heterocycles. The summed E-state index contributed by atoms with van der Waals surface area (Å²) in [5.41, 5.74) is -3.90. The zero-order valence-corrected chi connectivity index (χ0v) is 19.4. The first-order valence-electron chi connectivity index (χ1n) is 10.7. The highest BCUT2D eigenvalue weighted by molar-refractivity contribution is 7.88. The molecule has 188 valence electrons. The third kappa shape index (κ3) is 6.86. The molecule has 0 atom stereocenters. The zero-order chi connectivity index (χ0) is 24.8. The average Bonchev–Trinajstić information content (AvgIpc) is 3.39. The minimum absolute atomic E-state index is 0.0634. The molecule has 1 amide bonds. The van der Waals surface area contributed by atoms with Crippen LogP contribution in [0.1, 0.15) is 37.1 Å². The van der Waals surface area contributed by atoms with Gasteiger partial charge in [0.1, 0.15) is 11.5 Å². The number of halogens is 3. The van der Waals surface area contributed by atoms with Gasteiger partial charge in [0.15, 0.2) is 0 Å². The van der Waals surface area contributed by atoms with Gasteiger partial charge in [-0.05, 0) is 37.5 Å². The van der Waals surface area contributed by atoms with Crippen molar-refractivity contribution in [1.29, 1.82) is 0 Å². The molecular formula is C21H26F3N3O6S. The van der Waals surface area contributed by atoms with Gasteiger partial charge in [0, 0.05) is 37.0 Å². The molecule has 0 unspecified atom stereocenters. The fourth-order valence-electron chi connectivity index (χ4n) is 3.44.